The van der Waals surface area contributed by atoms with Crippen LogP contribution < -0.4 is 9.88 Å². The Morgan fingerprint density at radius 1 is 1.13 bits per heavy atom. The molecule has 5 nitrogen and oxygen atoms in total. The number of hydrogen-bond donors (Lipinski definition) is 1. The van der Waals surface area contributed by atoms with Gasteiger partial charge in [-0.1, -0.05) is 12.1 Å². The number of sulfonamides is 1. The van der Waals surface area contributed by atoms with Crippen molar-refractivity contribution in [2.24, 2.45) is 17.0 Å². The van der Waals surface area contributed by atoms with Gasteiger partial charge in [0.25, 0.3) is 0 Å². The summed E-state index contributed by atoms with van der Waals surface area (Å²) in [7, 11) is -3.42. The molecule has 0 bridgehead atoms. The quantitative estimate of drug-likeness (QED) is 0.826. The highest BCUT2D eigenvalue weighted by molar-refractivity contribution is 7.89. The van der Waals surface area contributed by atoms with E-state index in [0.717, 1.165) is 18.1 Å². The molecular formula is C17H25NO4S. The molecule has 1 heterocycles. The molecule has 3 rings (SSSR count). The third-order valence-corrected chi connectivity index (χ3v) is 5.60. The van der Waals surface area contributed by atoms with Gasteiger partial charge in [0.2, 0.25) is 10.0 Å². The second-order valence-corrected chi connectivity index (χ2v) is 8.43. The van der Waals surface area contributed by atoms with Crippen molar-refractivity contribution in [2.45, 2.75) is 31.6 Å². The van der Waals surface area contributed by atoms with E-state index in [0.29, 0.717) is 32.2 Å². The van der Waals surface area contributed by atoms with E-state index in [-0.39, 0.29) is 11.7 Å². The van der Waals surface area contributed by atoms with Crippen molar-refractivity contribution in [1.29, 1.82) is 0 Å². The van der Waals surface area contributed by atoms with Gasteiger partial charge >= 0.3 is 0 Å². The Kier molecular flexibility index (Phi) is 5.24. The Balaban J connectivity index is 1.51. The lowest BCUT2D eigenvalue weighted by molar-refractivity contribution is -0.000160. The smallest absolute Gasteiger partial charge is 0.209 e. The standard InChI is InChI=1S/C17H25NO4S/c18-23(19,20)10-8-16-11-21-9-7-15(16)12-22-17-5-3-14(4-6-17)13-1-2-13/h3-6,13,15-16H,1-2,7-12H2,(H2,18,19,20). The minimum absolute atomic E-state index is 0.00755. The molecule has 128 valence electrons. The lowest BCUT2D eigenvalue weighted by Gasteiger charge is -2.31. The summed E-state index contributed by atoms with van der Waals surface area (Å²) in [6.45, 7) is 1.89. The van der Waals surface area contributed by atoms with Gasteiger partial charge < -0.3 is 9.47 Å². The summed E-state index contributed by atoms with van der Waals surface area (Å²) >= 11 is 0. The third-order valence-electron chi connectivity index (χ3n) is 4.80. The maximum atomic E-state index is 11.2. The van der Waals surface area contributed by atoms with Gasteiger partial charge in [0, 0.05) is 19.1 Å². The molecular weight excluding hydrogens is 314 g/mol. The van der Waals surface area contributed by atoms with Crippen LogP contribution in [0.5, 0.6) is 5.75 Å². The molecule has 23 heavy (non-hydrogen) atoms. The zero-order valence-corrected chi connectivity index (χ0v) is 14.1. The highest BCUT2D eigenvalue weighted by atomic mass is 32.2. The number of primary sulfonamides is 1. The minimum Gasteiger partial charge on any atom is -0.493 e. The van der Waals surface area contributed by atoms with Crippen molar-refractivity contribution in [3.05, 3.63) is 29.8 Å². The number of benzene rings is 1. The molecule has 2 atom stereocenters. The molecule has 1 saturated heterocycles. The fourth-order valence-corrected chi connectivity index (χ4v) is 3.78. The number of nitrogens with two attached hydrogens (primary N) is 1. The normalized spacial score (nSPS) is 25.3. The predicted octanol–water partition coefficient (Wildman–Crippen LogP) is 2.27. The van der Waals surface area contributed by atoms with Gasteiger partial charge in [0.05, 0.1) is 12.4 Å². The van der Waals surface area contributed by atoms with E-state index in [9.17, 15) is 8.42 Å². The molecule has 1 aromatic carbocycles. The van der Waals surface area contributed by atoms with Crippen LogP contribution in [0, 0.1) is 11.8 Å². The van der Waals surface area contributed by atoms with Crippen LogP contribution in [-0.2, 0) is 14.8 Å². The summed E-state index contributed by atoms with van der Waals surface area (Å²) < 4.78 is 33.7. The maximum absolute atomic E-state index is 11.2. The maximum Gasteiger partial charge on any atom is 0.209 e. The fourth-order valence-electron chi connectivity index (χ4n) is 3.15. The lowest BCUT2D eigenvalue weighted by atomic mass is 9.87. The average molecular weight is 339 g/mol. The SMILES string of the molecule is NS(=O)(=O)CCC1COCCC1COc1ccc(C2CC2)cc1. The first kappa shape index (κ1) is 16.7. The fraction of sp³-hybridized carbons (Fsp3) is 0.647. The largest absolute Gasteiger partial charge is 0.493 e. The second kappa shape index (κ2) is 7.20. The first-order valence-corrected chi connectivity index (χ1v) is 10.0. The zero-order chi connectivity index (χ0) is 16.3. The van der Waals surface area contributed by atoms with E-state index in [2.05, 4.69) is 12.1 Å². The molecule has 0 spiro atoms. The predicted molar refractivity (Wildman–Crippen MR) is 88.9 cm³/mol. The van der Waals surface area contributed by atoms with E-state index < -0.39 is 10.0 Å². The molecule has 1 aromatic rings. The Bertz CT molecular complexity index is 610. The van der Waals surface area contributed by atoms with Gasteiger partial charge in [-0.15, -0.1) is 0 Å². The lowest BCUT2D eigenvalue weighted by Crippen LogP contribution is -2.33. The Labute approximate surface area is 138 Å². The van der Waals surface area contributed by atoms with Crippen LogP contribution in [-0.4, -0.2) is 34.0 Å². The van der Waals surface area contributed by atoms with E-state index in [1.807, 2.05) is 12.1 Å². The first-order valence-electron chi connectivity index (χ1n) is 8.32. The van der Waals surface area contributed by atoms with Gasteiger partial charge in [0.15, 0.2) is 0 Å². The molecule has 2 N–H and O–H groups in total. The van der Waals surface area contributed by atoms with E-state index in [4.69, 9.17) is 14.6 Å². The molecule has 2 fully saturated rings. The first-order chi connectivity index (χ1) is 11.0. The van der Waals surface area contributed by atoms with E-state index in [1.54, 1.807) is 0 Å². The van der Waals surface area contributed by atoms with E-state index >= 15 is 0 Å². The van der Waals surface area contributed by atoms with Crippen LogP contribution in [0.25, 0.3) is 0 Å². The van der Waals surface area contributed by atoms with Crippen molar-refractivity contribution in [3.63, 3.8) is 0 Å². The molecule has 2 aliphatic rings. The summed E-state index contributed by atoms with van der Waals surface area (Å²) in [4.78, 5) is 0. The van der Waals surface area contributed by atoms with Crippen molar-refractivity contribution in [2.75, 3.05) is 25.6 Å². The van der Waals surface area contributed by atoms with Crippen molar-refractivity contribution >= 4 is 10.0 Å². The third kappa shape index (κ3) is 5.19. The number of ether oxygens (including phenoxy) is 2. The monoisotopic (exact) mass is 339 g/mol. The van der Waals surface area contributed by atoms with Crippen LogP contribution in [0.1, 0.15) is 37.2 Å². The Morgan fingerprint density at radius 2 is 1.87 bits per heavy atom. The summed E-state index contributed by atoms with van der Waals surface area (Å²) in [6.07, 6.45) is 4.03. The van der Waals surface area contributed by atoms with Gasteiger partial charge in [-0.25, -0.2) is 13.6 Å². The van der Waals surface area contributed by atoms with Gasteiger partial charge in [0.1, 0.15) is 5.75 Å². The molecule has 0 amide bonds. The van der Waals surface area contributed by atoms with E-state index in [1.165, 1.54) is 18.4 Å². The van der Waals surface area contributed by atoms with Crippen LogP contribution in [0.3, 0.4) is 0 Å². The molecule has 6 heteroatoms. The second-order valence-electron chi connectivity index (χ2n) is 6.69. The summed E-state index contributed by atoms with van der Waals surface area (Å²) in [6, 6.07) is 8.36. The number of rotatable bonds is 7. The Hall–Kier alpha value is -1.11. The molecule has 0 radical (unpaired) electrons. The highest BCUT2D eigenvalue weighted by Crippen LogP contribution is 2.40. The van der Waals surface area contributed by atoms with Crippen molar-refractivity contribution < 1.29 is 17.9 Å². The molecule has 0 aromatic heterocycles. The van der Waals surface area contributed by atoms with Crippen LogP contribution >= 0.6 is 0 Å². The minimum atomic E-state index is -3.42. The summed E-state index contributed by atoms with van der Waals surface area (Å²) in [5.74, 6) is 2.14. The molecule has 2 unspecified atom stereocenters. The van der Waals surface area contributed by atoms with Crippen molar-refractivity contribution in [3.8, 4) is 5.75 Å². The van der Waals surface area contributed by atoms with Crippen molar-refractivity contribution in [1.82, 2.24) is 0 Å². The average Bonchev–Trinajstić information content (AvgIpc) is 3.36. The van der Waals surface area contributed by atoms with Gasteiger partial charge in [-0.05, 0) is 55.2 Å². The van der Waals surface area contributed by atoms with Crippen LogP contribution in [0.4, 0.5) is 0 Å². The topological polar surface area (TPSA) is 78.6 Å². The van der Waals surface area contributed by atoms with Gasteiger partial charge in [-0.2, -0.15) is 0 Å². The summed E-state index contributed by atoms with van der Waals surface area (Å²) in [5, 5.41) is 5.11. The van der Waals surface area contributed by atoms with Crippen LogP contribution in [0.2, 0.25) is 0 Å². The molecule has 1 saturated carbocycles. The zero-order valence-electron chi connectivity index (χ0n) is 13.3. The van der Waals surface area contributed by atoms with Gasteiger partial charge in [-0.3, -0.25) is 0 Å². The highest BCUT2D eigenvalue weighted by Gasteiger charge is 2.27. The molecule has 1 aliphatic carbocycles. The molecule has 1 aliphatic heterocycles. The Morgan fingerprint density at radius 3 is 2.52 bits per heavy atom. The van der Waals surface area contributed by atoms with Crippen LogP contribution in [0.15, 0.2) is 24.3 Å². The summed E-state index contributed by atoms with van der Waals surface area (Å²) in [5.41, 5.74) is 1.40. The number of hydrogen-bond acceptors (Lipinski definition) is 4.